The lowest BCUT2D eigenvalue weighted by atomic mass is 9.85. The molecule has 34 heavy (non-hydrogen) atoms. The van der Waals surface area contributed by atoms with Crippen molar-refractivity contribution in [3.63, 3.8) is 0 Å². The Labute approximate surface area is 196 Å². The van der Waals surface area contributed by atoms with Crippen molar-refractivity contribution in [3.05, 3.63) is 29.8 Å². The van der Waals surface area contributed by atoms with Crippen LogP contribution in [0.2, 0.25) is 0 Å². The summed E-state index contributed by atoms with van der Waals surface area (Å²) in [6, 6.07) is 8.31. The average Bonchev–Trinajstić information content (AvgIpc) is 3.35. The minimum Gasteiger partial charge on any atom is -0.497 e. The lowest BCUT2D eigenvalue weighted by Crippen LogP contribution is -2.47. The number of ether oxygens (including phenoxy) is 1. The first kappa shape index (κ1) is 24.5. The Kier molecular flexibility index (Phi) is 6.63. The first-order chi connectivity index (χ1) is 16.0. The number of carboxylic acid groups (broad SMARTS) is 1. The van der Waals surface area contributed by atoms with Gasteiger partial charge in [-0.25, -0.2) is 4.79 Å². The van der Waals surface area contributed by atoms with E-state index in [2.05, 4.69) is 23.1 Å². The van der Waals surface area contributed by atoms with Crippen LogP contribution in [0.5, 0.6) is 5.75 Å². The highest BCUT2D eigenvalue weighted by Gasteiger charge is 2.60. The van der Waals surface area contributed by atoms with Gasteiger partial charge in [0, 0.05) is 32.1 Å². The van der Waals surface area contributed by atoms with Crippen LogP contribution in [0.3, 0.4) is 0 Å². The monoisotopic (exact) mass is 481 g/mol. The maximum Gasteiger partial charge on any atom is 0.490 e. The number of methoxy groups -OCH3 is 1. The number of hydrogen-bond acceptors (Lipinski definition) is 5. The van der Waals surface area contributed by atoms with Gasteiger partial charge in [0.25, 0.3) is 5.91 Å². The fourth-order valence-corrected chi connectivity index (χ4v) is 5.50. The first-order valence-corrected chi connectivity index (χ1v) is 11.6. The van der Waals surface area contributed by atoms with Gasteiger partial charge in [0.05, 0.1) is 7.11 Å². The molecule has 0 unspecified atom stereocenters. The standard InChI is InChI=1S/C22H29N3O2.C2HF3O2/c1-15-23-22(21(26)25(15)12-16-6-7-16)9-8-18-13-24(14-20(18)22)11-17-4-3-5-19(10-17)27-2;3-2(4,5)1(6)7/h3-5,10,16,18,20H,6-9,11-14H2,1-2H3;(H,6,7)/t18-,20+,22-;/m1./s1. The minimum absolute atomic E-state index is 0.294. The van der Waals surface area contributed by atoms with Crippen molar-refractivity contribution >= 4 is 17.7 Å². The molecule has 1 aromatic carbocycles. The summed E-state index contributed by atoms with van der Waals surface area (Å²) in [5, 5.41) is 7.12. The lowest BCUT2D eigenvalue weighted by molar-refractivity contribution is -0.192. The molecule has 1 spiro atoms. The Morgan fingerprint density at radius 1 is 1.26 bits per heavy atom. The van der Waals surface area contributed by atoms with Crippen molar-refractivity contribution in [2.45, 2.75) is 50.9 Å². The van der Waals surface area contributed by atoms with Crippen molar-refractivity contribution in [1.82, 2.24) is 9.80 Å². The van der Waals surface area contributed by atoms with Gasteiger partial charge in [-0.1, -0.05) is 12.1 Å². The van der Waals surface area contributed by atoms with E-state index in [1.807, 2.05) is 17.9 Å². The molecule has 2 saturated carbocycles. The predicted molar refractivity (Wildman–Crippen MR) is 118 cm³/mol. The first-order valence-electron chi connectivity index (χ1n) is 11.6. The molecule has 5 rings (SSSR count). The molecule has 1 aromatic rings. The maximum atomic E-state index is 13.4. The number of carbonyl (C=O) groups is 2. The maximum absolute atomic E-state index is 13.4. The number of alkyl halides is 3. The van der Waals surface area contributed by atoms with Crippen LogP contribution < -0.4 is 4.74 Å². The van der Waals surface area contributed by atoms with Crippen LogP contribution in [0.4, 0.5) is 13.2 Å². The molecule has 1 amide bonds. The number of aliphatic imine (C=N–C) groups is 1. The van der Waals surface area contributed by atoms with Crippen molar-refractivity contribution in [3.8, 4) is 5.75 Å². The predicted octanol–water partition coefficient (Wildman–Crippen LogP) is 3.58. The number of carboxylic acids is 1. The van der Waals surface area contributed by atoms with Gasteiger partial charge in [0.2, 0.25) is 0 Å². The highest BCUT2D eigenvalue weighted by molar-refractivity contribution is 6.07. The summed E-state index contributed by atoms with van der Waals surface area (Å²) in [6.45, 7) is 5.89. The second-order valence-electron chi connectivity index (χ2n) is 9.70. The second-order valence-corrected chi connectivity index (χ2v) is 9.70. The number of benzene rings is 1. The Bertz CT molecular complexity index is 978. The van der Waals surface area contributed by atoms with Crippen LogP contribution >= 0.6 is 0 Å². The summed E-state index contributed by atoms with van der Waals surface area (Å²) in [4.78, 5) is 31.8. The Morgan fingerprint density at radius 2 is 1.97 bits per heavy atom. The van der Waals surface area contributed by atoms with E-state index >= 15 is 0 Å². The normalized spacial score (nSPS) is 28.6. The number of rotatable bonds is 5. The Morgan fingerprint density at radius 3 is 2.59 bits per heavy atom. The molecule has 2 heterocycles. The molecule has 1 N–H and O–H groups in total. The van der Waals surface area contributed by atoms with Gasteiger partial charge >= 0.3 is 12.1 Å². The fourth-order valence-electron chi connectivity index (χ4n) is 5.50. The second kappa shape index (κ2) is 9.20. The average molecular weight is 482 g/mol. The number of aliphatic carboxylic acids is 1. The highest BCUT2D eigenvalue weighted by Crippen LogP contribution is 2.51. The van der Waals surface area contributed by atoms with E-state index in [9.17, 15) is 18.0 Å². The number of nitrogens with zero attached hydrogens (tertiary/aromatic N) is 3. The van der Waals surface area contributed by atoms with Gasteiger partial charge in [-0.3, -0.25) is 19.6 Å². The molecule has 0 radical (unpaired) electrons. The summed E-state index contributed by atoms with van der Waals surface area (Å²) in [7, 11) is 1.71. The number of halogens is 3. The summed E-state index contributed by atoms with van der Waals surface area (Å²) in [5.74, 6) is 1.07. The number of hydrogen-bond donors (Lipinski definition) is 1. The van der Waals surface area contributed by atoms with Gasteiger partial charge in [-0.15, -0.1) is 0 Å². The minimum atomic E-state index is -5.08. The van der Waals surface area contributed by atoms with Crippen LogP contribution in [0.1, 0.15) is 38.2 Å². The zero-order valence-corrected chi connectivity index (χ0v) is 19.3. The van der Waals surface area contributed by atoms with Crippen LogP contribution in [-0.2, 0) is 16.1 Å². The zero-order chi connectivity index (χ0) is 24.7. The van der Waals surface area contributed by atoms with Crippen molar-refractivity contribution < 1.29 is 32.6 Å². The number of carbonyl (C=O) groups excluding carboxylic acids is 1. The SMILES string of the molecule is COc1cccc(CN2C[C@H]3CC[C@@]4(N=C(C)N(CC5CC5)C4=O)[C@H]3C2)c1.O=C(O)C(F)(F)F. The molecule has 10 heteroatoms. The van der Waals surface area contributed by atoms with Crippen LogP contribution in [0.15, 0.2) is 29.3 Å². The van der Waals surface area contributed by atoms with Crippen LogP contribution in [0.25, 0.3) is 0 Å². The highest BCUT2D eigenvalue weighted by atomic mass is 19.4. The molecule has 186 valence electrons. The zero-order valence-electron chi connectivity index (χ0n) is 19.3. The van der Waals surface area contributed by atoms with Gasteiger partial charge < -0.3 is 9.84 Å². The molecule has 3 fully saturated rings. The number of likely N-dealkylation sites (tertiary alicyclic amines) is 1. The number of fused-ring (bicyclic) bond motifs is 2. The van der Waals surface area contributed by atoms with Crippen LogP contribution in [-0.4, -0.2) is 71.1 Å². The molecule has 2 aliphatic heterocycles. The summed E-state index contributed by atoms with van der Waals surface area (Å²) < 4.78 is 37.1. The van der Waals surface area contributed by atoms with E-state index in [4.69, 9.17) is 19.6 Å². The molecule has 0 aromatic heterocycles. The topological polar surface area (TPSA) is 82.4 Å². The quantitative estimate of drug-likeness (QED) is 0.695. The van der Waals surface area contributed by atoms with Gasteiger partial charge in [0.15, 0.2) is 0 Å². The molecule has 2 aliphatic carbocycles. The number of amides is 1. The van der Waals surface area contributed by atoms with Crippen LogP contribution in [0, 0.1) is 17.8 Å². The molecule has 3 atom stereocenters. The van der Waals surface area contributed by atoms with Crippen molar-refractivity contribution in [1.29, 1.82) is 0 Å². The molecule has 7 nitrogen and oxygen atoms in total. The third kappa shape index (κ3) is 4.92. The Hall–Kier alpha value is -2.62. The van der Waals surface area contributed by atoms with Gasteiger partial charge in [-0.2, -0.15) is 13.2 Å². The molecule has 4 aliphatic rings. The Balaban J connectivity index is 0.000000344. The molecule has 0 bridgehead atoms. The largest absolute Gasteiger partial charge is 0.497 e. The summed E-state index contributed by atoms with van der Waals surface area (Å²) >= 11 is 0. The van der Waals surface area contributed by atoms with E-state index < -0.39 is 17.7 Å². The van der Waals surface area contributed by atoms with E-state index in [0.29, 0.717) is 23.7 Å². The summed E-state index contributed by atoms with van der Waals surface area (Å²) in [6.07, 6.45) is -0.486. The van der Waals surface area contributed by atoms with E-state index in [0.717, 1.165) is 50.6 Å². The third-order valence-electron chi connectivity index (χ3n) is 7.31. The van der Waals surface area contributed by atoms with Crippen molar-refractivity contribution in [2.75, 3.05) is 26.7 Å². The molecular weight excluding hydrogens is 451 g/mol. The van der Waals surface area contributed by atoms with Crippen molar-refractivity contribution in [2.24, 2.45) is 22.7 Å². The van der Waals surface area contributed by atoms with Gasteiger partial charge in [-0.05, 0) is 62.1 Å². The van der Waals surface area contributed by atoms with E-state index in [1.54, 1.807) is 7.11 Å². The van der Waals surface area contributed by atoms with E-state index in [1.165, 1.54) is 18.4 Å². The third-order valence-corrected chi connectivity index (χ3v) is 7.31. The van der Waals surface area contributed by atoms with Gasteiger partial charge in [0.1, 0.15) is 17.1 Å². The molecular formula is C24H30F3N3O4. The summed E-state index contributed by atoms with van der Waals surface area (Å²) in [5.41, 5.74) is 0.809. The smallest absolute Gasteiger partial charge is 0.490 e. The lowest BCUT2D eigenvalue weighted by Gasteiger charge is -2.28. The number of amidine groups is 1. The fraction of sp³-hybridized carbons (Fsp3) is 0.625. The molecule has 1 saturated heterocycles. The van der Waals surface area contributed by atoms with E-state index in [-0.39, 0.29) is 0 Å².